The van der Waals surface area contributed by atoms with Crippen LogP contribution in [0.25, 0.3) is 16.9 Å². The van der Waals surface area contributed by atoms with Gasteiger partial charge in [0.05, 0.1) is 5.69 Å². The summed E-state index contributed by atoms with van der Waals surface area (Å²) in [7, 11) is 0. The SMILES string of the molecule is CCCCC(Sc1ncnc2c1nnn2-c1ccccc1)C(=O)O. The molecule has 3 rings (SSSR count). The lowest BCUT2D eigenvalue weighted by molar-refractivity contribution is -0.136. The molecule has 0 saturated heterocycles. The van der Waals surface area contributed by atoms with E-state index >= 15 is 0 Å². The molecule has 2 aromatic heterocycles. The maximum atomic E-state index is 11.5. The molecular formula is C16H17N5O2S. The zero-order chi connectivity index (χ0) is 16.9. The van der Waals surface area contributed by atoms with Gasteiger partial charge in [0.1, 0.15) is 16.6 Å². The van der Waals surface area contributed by atoms with Crippen molar-refractivity contribution in [2.24, 2.45) is 0 Å². The van der Waals surface area contributed by atoms with Crippen molar-refractivity contribution >= 4 is 28.9 Å². The van der Waals surface area contributed by atoms with E-state index in [2.05, 4.69) is 20.3 Å². The van der Waals surface area contributed by atoms with Crippen molar-refractivity contribution in [1.82, 2.24) is 25.0 Å². The smallest absolute Gasteiger partial charge is 0.317 e. The number of hydrogen-bond acceptors (Lipinski definition) is 6. The van der Waals surface area contributed by atoms with Gasteiger partial charge in [-0.2, -0.15) is 4.68 Å². The fourth-order valence-electron chi connectivity index (χ4n) is 2.31. The molecule has 0 aliphatic rings. The van der Waals surface area contributed by atoms with Gasteiger partial charge in [0.25, 0.3) is 0 Å². The minimum atomic E-state index is -0.837. The summed E-state index contributed by atoms with van der Waals surface area (Å²) in [6, 6.07) is 9.55. The number of carboxylic acid groups (broad SMARTS) is 1. The van der Waals surface area contributed by atoms with Gasteiger partial charge >= 0.3 is 5.97 Å². The Kier molecular flexibility index (Phi) is 5.05. The summed E-state index contributed by atoms with van der Waals surface area (Å²) >= 11 is 1.21. The van der Waals surface area contributed by atoms with Crippen molar-refractivity contribution in [3.05, 3.63) is 36.7 Å². The zero-order valence-electron chi connectivity index (χ0n) is 13.2. The summed E-state index contributed by atoms with van der Waals surface area (Å²) in [5.41, 5.74) is 1.93. The zero-order valence-corrected chi connectivity index (χ0v) is 14.0. The number of rotatable bonds is 7. The summed E-state index contributed by atoms with van der Waals surface area (Å²) in [5, 5.41) is 17.7. The Labute approximate surface area is 143 Å². The van der Waals surface area contributed by atoms with Crippen LogP contribution in [-0.2, 0) is 4.79 Å². The van der Waals surface area contributed by atoms with Gasteiger partial charge in [0.15, 0.2) is 11.2 Å². The van der Waals surface area contributed by atoms with Crippen LogP contribution in [0.1, 0.15) is 26.2 Å². The molecule has 3 aromatic rings. The van der Waals surface area contributed by atoms with Crippen molar-refractivity contribution in [3.63, 3.8) is 0 Å². The third kappa shape index (κ3) is 3.38. The fourth-order valence-corrected chi connectivity index (χ4v) is 3.32. The molecule has 124 valence electrons. The lowest BCUT2D eigenvalue weighted by Crippen LogP contribution is -2.16. The summed E-state index contributed by atoms with van der Waals surface area (Å²) < 4.78 is 1.63. The van der Waals surface area contributed by atoms with Crippen LogP contribution in [0, 0.1) is 0 Å². The van der Waals surface area contributed by atoms with Crippen LogP contribution in [-0.4, -0.2) is 41.3 Å². The van der Waals surface area contributed by atoms with Crippen LogP contribution in [0.3, 0.4) is 0 Å². The number of nitrogens with zero attached hydrogens (tertiary/aromatic N) is 5. The Morgan fingerprint density at radius 1 is 1.29 bits per heavy atom. The van der Waals surface area contributed by atoms with E-state index in [4.69, 9.17) is 0 Å². The van der Waals surface area contributed by atoms with Crippen LogP contribution in [0.4, 0.5) is 0 Å². The number of fused-ring (bicyclic) bond motifs is 1. The number of para-hydroxylation sites is 1. The normalized spacial score (nSPS) is 12.4. The maximum absolute atomic E-state index is 11.5. The van der Waals surface area contributed by atoms with E-state index in [1.807, 2.05) is 37.3 Å². The molecule has 1 unspecified atom stereocenters. The van der Waals surface area contributed by atoms with E-state index in [-0.39, 0.29) is 0 Å². The van der Waals surface area contributed by atoms with Crippen molar-refractivity contribution < 1.29 is 9.90 Å². The minimum Gasteiger partial charge on any atom is -0.480 e. The van der Waals surface area contributed by atoms with Gasteiger partial charge < -0.3 is 5.11 Å². The Morgan fingerprint density at radius 3 is 2.79 bits per heavy atom. The van der Waals surface area contributed by atoms with E-state index in [0.717, 1.165) is 18.5 Å². The molecule has 0 aliphatic carbocycles. The first-order chi connectivity index (χ1) is 11.7. The molecule has 1 aromatic carbocycles. The first kappa shape index (κ1) is 16.4. The van der Waals surface area contributed by atoms with E-state index in [1.165, 1.54) is 18.1 Å². The standard InChI is InChI=1S/C16H17N5O2S/c1-2-3-9-12(16(22)23)24-15-13-14(17-10-18-15)21(20-19-13)11-7-5-4-6-8-11/h4-8,10,12H,2-3,9H2,1H3,(H,22,23). The van der Waals surface area contributed by atoms with Gasteiger partial charge in [0.2, 0.25) is 0 Å². The Bertz CT molecular complexity index is 837. The third-order valence-corrected chi connectivity index (χ3v) is 4.80. The van der Waals surface area contributed by atoms with Gasteiger partial charge in [-0.15, -0.1) is 5.10 Å². The largest absolute Gasteiger partial charge is 0.480 e. The Hall–Kier alpha value is -2.48. The predicted octanol–water partition coefficient (Wildman–Crippen LogP) is 2.95. The third-order valence-electron chi connectivity index (χ3n) is 3.55. The first-order valence-corrected chi connectivity index (χ1v) is 8.60. The molecule has 0 fully saturated rings. The lowest BCUT2D eigenvalue weighted by Gasteiger charge is -2.10. The highest BCUT2D eigenvalue weighted by atomic mass is 32.2. The van der Waals surface area contributed by atoms with E-state index in [9.17, 15) is 9.90 Å². The molecule has 1 atom stereocenters. The monoisotopic (exact) mass is 343 g/mol. The van der Waals surface area contributed by atoms with Gasteiger partial charge in [0, 0.05) is 0 Å². The van der Waals surface area contributed by atoms with Crippen LogP contribution in [0.5, 0.6) is 0 Å². The molecule has 0 radical (unpaired) electrons. The summed E-state index contributed by atoms with van der Waals surface area (Å²) in [5.74, 6) is -0.837. The summed E-state index contributed by atoms with van der Waals surface area (Å²) in [6.07, 6.45) is 3.82. The second-order valence-electron chi connectivity index (χ2n) is 5.27. The number of aromatic nitrogens is 5. The lowest BCUT2D eigenvalue weighted by atomic mass is 10.2. The van der Waals surface area contributed by atoms with Crippen LogP contribution >= 0.6 is 11.8 Å². The number of carbonyl (C=O) groups is 1. The molecule has 2 heterocycles. The number of unbranched alkanes of at least 4 members (excludes halogenated alkanes) is 1. The second-order valence-corrected chi connectivity index (χ2v) is 6.47. The summed E-state index contributed by atoms with van der Waals surface area (Å²) in [6.45, 7) is 2.04. The number of benzene rings is 1. The highest BCUT2D eigenvalue weighted by molar-refractivity contribution is 8.00. The highest BCUT2D eigenvalue weighted by Gasteiger charge is 2.22. The van der Waals surface area contributed by atoms with Crippen molar-refractivity contribution in [1.29, 1.82) is 0 Å². The first-order valence-electron chi connectivity index (χ1n) is 7.72. The molecule has 0 saturated carbocycles. The van der Waals surface area contributed by atoms with E-state index < -0.39 is 11.2 Å². The molecule has 0 bridgehead atoms. The molecule has 0 aliphatic heterocycles. The maximum Gasteiger partial charge on any atom is 0.317 e. The molecule has 1 N–H and O–H groups in total. The van der Waals surface area contributed by atoms with Crippen LogP contribution < -0.4 is 0 Å². The highest BCUT2D eigenvalue weighted by Crippen LogP contribution is 2.29. The van der Waals surface area contributed by atoms with Crippen molar-refractivity contribution in [2.75, 3.05) is 0 Å². The van der Waals surface area contributed by atoms with Crippen molar-refractivity contribution in [3.8, 4) is 5.69 Å². The Morgan fingerprint density at radius 2 is 2.08 bits per heavy atom. The average molecular weight is 343 g/mol. The molecular weight excluding hydrogens is 326 g/mol. The number of thioether (sulfide) groups is 1. The summed E-state index contributed by atoms with van der Waals surface area (Å²) in [4.78, 5) is 19.9. The fraction of sp³-hybridized carbons (Fsp3) is 0.312. The predicted molar refractivity (Wildman–Crippen MR) is 91.3 cm³/mol. The minimum absolute atomic E-state index is 0.522. The van der Waals surface area contributed by atoms with Gasteiger partial charge in [-0.25, -0.2) is 9.97 Å². The van der Waals surface area contributed by atoms with E-state index in [0.29, 0.717) is 22.6 Å². The Balaban J connectivity index is 1.95. The quantitative estimate of drug-likeness (QED) is 0.520. The van der Waals surface area contributed by atoms with E-state index in [1.54, 1.807) is 4.68 Å². The molecule has 7 nitrogen and oxygen atoms in total. The number of carboxylic acids is 1. The second kappa shape index (κ2) is 7.39. The van der Waals surface area contributed by atoms with Crippen LogP contribution in [0.15, 0.2) is 41.7 Å². The molecule has 8 heteroatoms. The molecule has 0 amide bonds. The molecule has 24 heavy (non-hydrogen) atoms. The van der Waals surface area contributed by atoms with Gasteiger partial charge in [-0.3, -0.25) is 4.79 Å². The average Bonchev–Trinajstić information content (AvgIpc) is 3.04. The van der Waals surface area contributed by atoms with Gasteiger partial charge in [-0.05, 0) is 18.6 Å². The topological polar surface area (TPSA) is 93.8 Å². The number of hydrogen-bond donors (Lipinski definition) is 1. The van der Waals surface area contributed by atoms with Crippen LogP contribution in [0.2, 0.25) is 0 Å². The van der Waals surface area contributed by atoms with Gasteiger partial charge in [-0.1, -0.05) is 54.9 Å². The van der Waals surface area contributed by atoms with Crippen molar-refractivity contribution in [2.45, 2.75) is 36.5 Å². The molecule has 0 spiro atoms. The number of aliphatic carboxylic acids is 1.